The fraction of sp³-hybridized carbons (Fsp3) is 0.357. The molecule has 0 amide bonds. The molecule has 1 aliphatic rings. The lowest BCUT2D eigenvalue weighted by atomic mass is 10.1. The minimum absolute atomic E-state index is 0.388. The lowest BCUT2D eigenvalue weighted by Gasteiger charge is -2.26. The first-order valence-electron chi connectivity index (χ1n) is 5.85. The highest BCUT2D eigenvalue weighted by atomic mass is 16.4. The van der Waals surface area contributed by atoms with Crippen molar-refractivity contribution in [2.45, 2.75) is 25.8 Å². The summed E-state index contributed by atoms with van der Waals surface area (Å²) in [6.45, 7) is 6.41. The third-order valence-electron chi connectivity index (χ3n) is 3.07. The summed E-state index contributed by atoms with van der Waals surface area (Å²) in [6, 6.07) is 5.90. The first-order valence-corrected chi connectivity index (χ1v) is 5.85. The van der Waals surface area contributed by atoms with E-state index in [0.29, 0.717) is 18.2 Å². The number of carbonyl (C=O) groups is 1. The molecular weight excluding hydrogens is 214 g/mol. The van der Waals surface area contributed by atoms with E-state index in [4.69, 9.17) is 0 Å². The number of hydrogen-bond acceptors (Lipinski definition) is 2. The molecule has 3 nitrogen and oxygen atoms in total. The van der Waals surface area contributed by atoms with E-state index < -0.39 is 5.97 Å². The summed E-state index contributed by atoms with van der Waals surface area (Å²) in [6.07, 6.45) is 4.11. The van der Waals surface area contributed by atoms with Gasteiger partial charge in [-0.1, -0.05) is 18.2 Å². The van der Waals surface area contributed by atoms with Gasteiger partial charge in [-0.15, -0.1) is 6.58 Å². The van der Waals surface area contributed by atoms with Crippen molar-refractivity contribution < 1.29 is 9.90 Å². The Kier molecular flexibility index (Phi) is 3.18. The molecule has 2 rings (SSSR count). The topological polar surface area (TPSA) is 40.5 Å². The fourth-order valence-electron chi connectivity index (χ4n) is 2.16. The van der Waals surface area contributed by atoms with Gasteiger partial charge in [-0.05, 0) is 31.4 Å². The van der Waals surface area contributed by atoms with E-state index >= 15 is 0 Å². The standard InChI is InChI=1S/C14H17NO2/c1-3-9-15(11-7-8-11)13-10(2)5-4-6-12(13)14(16)17/h3-6,11H,1,7-9H2,2H3,(H,16,17). The maximum Gasteiger partial charge on any atom is 0.337 e. The molecule has 1 N–H and O–H groups in total. The molecule has 0 heterocycles. The van der Waals surface area contributed by atoms with Crippen LogP contribution in [0.15, 0.2) is 30.9 Å². The van der Waals surface area contributed by atoms with Crippen molar-refractivity contribution in [2.24, 2.45) is 0 Å². The number of aryl methyl sites for hydroxylation is 1. The van der Waals surface area contributed by atoms with Crippen molar-refractivity contribution in [2.75, 3.05) is 11.4 Å². The van der Waals surface area contributed by atoms with Crippen LogP contribution < -0.4 is 4.90 Å². The Morgan fingerprint density at radius 3 is 2.82 bits per heavy atom. The molecule has 1 aliphatic carbocycles. The van der Waals surface area contributed by atoms with Crippen molar-refractivity contribution in [3.05, 3.63) is 42.0 Å². The Morgan fingerprint density at radius 2 is 2.29 bits per heavy atom. The summed E-state index contributed by atoms with van der Waals surface area (Å²) < 4.78 is 0. The average molecular weight is 231 g/mol. The molecule has 1 aromatic carbocycles. The Hall–Kier alpha value is -1.77. The minimum Gasteiger partial charge on any atom is -0.478 e. The van der Waals surface area contributed by atoms with Crippen LogP contribution in [0.1, 0.15) is 28.8 Å². The number of nitrogens with zero attached hydrogens (tertiary/aromatic N) is 1. The second-order valence-corrected chi connectivity index (χ2v) is 4.45. The van der Waals surface area contributed by atoms with E-state index in [1.165, 1.54) is 0 Å². The highest BCUT2D eigenvalue weighted by molar-refractivity contribution is 5.95. The van der Waals surface area contributed by atoms with Gasteiger partial charge in [0, 0.05) is 12.6 Å². The second kappa shape index (κ2) is 4.62. The maximum absolute atomic E-state index is 11.3. The zero-order valence-electron chi connectivity index (χ0n) is 10.0. The van der Waals surface area contributed by atoms with Crippen LogP contribution >= 0.6 is 0 Å². The number of carboxylic acids is 1. The number of rotatable bonds is 5. The van der Waals surface area contributed by atoms with Crippen LogP contribution in [0.25, 0.3) is 0 Å². The van der Waals surface area contributed by atoms with E-state index in [1.54, 1.807) is 12.1 Å². The van der Waals surface area contributed by atoms with Crippen molar-refractivity contribution >= 4 is 11.7 Å². The van der Waals surface area contributed by atoms with Gasteiger partial charge in [0.05, 0.1) is 11.3 Å². The van der Waals surface area contributed by atoms with Gasteiger partial charge >= 0.3 is 5.97 Å². The SMILES string of the molecule is C=CCN(c1c(C)cccc1C(=O)O)C1CC1. The van der Waals surface area contributed by atoms with E-state index in [-0.39, 0.29) is 0 Å². The van der Waals surface area contributed by atoms with E-state index in [9.17, 15) is 9.90 Å². The summed E-state index contributed by atoms with van der Waals surface area (Å²) in [5, 5.41) is 9.26. The molecule has 0 saturated heterocycles. The maximum atomic E-state index is 11.3. The van der Waals surface area contributed by atoms with E-state index in [2.05, 4.69) is 11.5 Å². The zero-order valence-corrected chi connectivity index (χ0v) is 10.0. The first-order chi connectivity index (χ1) is 8.15. The number of carboxylic acid groups (broad SMARTS) is 1. The normalized spacial score (nSPS) is 14.4. The molecule has 0 spiro atoms. The van der Waals surface area contributed by atoms with Gasteiger partial charge in [0.2, 0.25) is 0 Å². The lowest BCUT2D eigenvalue weighted by molar-refractivity contribution is 0.0697. The van der Waals surface area contributed by atoms with Crippen LogP contribution in [0.5, 0.6) is 0 Å². The molecule has 0 unspecified atom stereocenters. The average Bonchev–Trinajstić information content (AvgIpc) is 3.10. The van der Waals surface area contributed by atoms with Crippen LogP contribution in [0.3, 0.4) is 0 Å². The molecular formula is C14H17NO2. The number of hydrogen-bond donors (Lipinski definition) is 1. The first kappa shape index (κ1) is 11.7. The van der Waals surface area contributed by atoms with Crippen molar-refractivity contribution in [1.29, 1.82) is 0 Å². The molecule has 0 atom stereocenters. The van der Waals surface area contributed by atoms with E-state index in [1.807, 2.05) is 19.1 Å². The predicted octanol–water partition coefficient (Wildman–Crippen LogP) is 2.85. The third-order valence-corrected chi connectivity index (χ3v) is 3.07. The summed E-state index contributed by atoms with van der Waals surface area (Å²) >= 11 is 0. The molecule has 1 aromatic rings. The van der Waals surface area contributed by atoms with Crippen LogP contribution in [-0.4, -0.2) is 23.7 Å². The largest absolute Gasteiger partial charge is 0.478 e. The van der Waals surface area contributed by atoms with Gasteiger partial charge in [-0.25, -0.2) is 4.79 Å². The smallest absolute Gasteiger partial charge is 0.337 e. The van der Waals surface area contributed by atoms with Gasteiger partial charge in [0.25, 0.3) is 0 Å². The summed E-state index contributed by atoms with van der Waals surface area (Å²) in [4.78, 5) is 13.4. The van der Waals surface area contributed by atoms with Crippen molar-refractivity contribution in [3.63, 3.8) is 0 Å². The van der Waals surface area contributed by atoms with Gasteiger partial charge in [-0.2, -0.15) is 0 Å². The van der Waals surface area contributed by atoms with E-state index in [0.717, 1.165) is 24.1 Å². The molecule has 17 heavy (non-hydrogen) atoms. The van der Waals surface area contributed by atoms with Crippen molar-refractivity contribution in [3.8, 4) is 0 Å². The van der Waals surface area contributed by atoms with Crippen molar-refractivity contribution in [1.82, 2.24) is 0 Å². The van der Waals surface area contributed by atoms with Gasteiger partial charge in [-0.3, -0.25) is 0 Å². The monoisotopic (exact) mass is 231 g/mol. The number of anilines is 1. The number of para-hydroxylation sites is 1. The molecule has 0 bridgehead atoms. The highest BCUT2D eigenvalue weighted by Crippen LogP contribution is 2.35. The molecule has 0 aromatic heterocycles. The molecule has 0 aliphatic heterocycles. The van der Waals surface area contributed by atoms with Gasteiger partial charge in [0.15, 0.2) is 0 Å². The lowest BCUT2D eigenvalue weighted by Crippen LogP contribution is -2.28. The molecule has 3 heteroatoms. The van der Waals surface area contributed by atoms with Crippen LogP contribution in [0.2, 0.25) is 0 Å². The summed E-state index contributed by atoms with van der Waals surface area (Å²) in [5.41, 5.74) is 2.25. The zero-order chi connectivity index (χ0) is 12.4. The van der Waals surface area contributed by atoms with Gasteiger partial charge in [0.1, 0.15) is 0 Å². The van der Waals surface area contributed by atoms with Crippen LogP contribution in [-0.2, 0) is 0 Å². The summed E-state index contributed by atoms with van der Waals surface area (Å²) in [5.74, 6) is -0.863. The second-order valence-electron chi connectivity index (χ2n) is 4.45. The molecule has 1 saturated carbocycles. The highest BCUT2D eigenvalue weighted by Gasteiger charge is 2.31. The number of aromatic carboxylic acids is 1. The van der Waals surface area contributed by atoms with Crippen LogP contribution in [0, 0.1) is 6.92 Å². The predicted molar refractivity (Wildman–Crippen MR) is 68.7 cm³/mol. The number of benzene rings is 1. The fourth-order valence-corrected chi connectivity index (χ4v) is 2.16. The minimum atomic E-state index is -0.863. The Balaban J connectivity index is 2.46. The molecule has 1 fully saturated rings. The quantitative estimate of drug-likeness (QED) is 0.792. The Bertz CT molecular complexity index is 450. The molecule has 90 valence electrons. The Labute approximate surface area is 101 Å². The molecule has 0 radical (unpaired) electrons. The third kappa shape index (κ3) is 2.33. The van der Waals surface area contributed by atoms with Gasteiger partial charge < -0.3 is 10.0 Å². The summed E-state index contributed by atoms with van der Waals surface area (Å²) in [7, 11) is 0. The van der Waals surface area contributed by atoms with Crippen LogP contribution in [0.4, 0.5) is 5.69 Å². The Morgan fingerprint density at radius 1 is 1.59 bits per heavy atom.